The normalized spacial score (nSPS) is 10.6. The van der Waals surface area contributed by atoms with E-state index < -0.39 is 0 Å². The van der Waals surface area contributed by atoms with Gasteiger partial charge in [-0.1, -0.05) is 25.8 Å². The maximum Gasteiger partial charge on any atom is 0.0751 e. The maximum absolute atomic E-state index is 8.19. The lowest BCUT2D eigenvalue weighted by molar-refractivity contribution is 0.470. The fourth-order valence-corrected chi connectivity index (χ4v) is 0.587. The summed E-state index contributed by atoms with van der Waals surface area (Å²) in [5, 5.41) is 8.19. The molecule has 1 nitrogen and oxygen atoms in total. The minimum Gasteiger partial charge on any atom is -0.516 e. The van der Waals surface area contributed by atoms with Crippen molar-refractivity contribution in [3.05, 3.63) is 12.3 Å². The number of hydrogen-bond donors (Lipinski definition) is 1. The molecule has 0 aromatic heterocycles. The van der Waals surface area contributed by atoms with Gasteiger partial charge in [0.2, 0.25) is 0 Å². The highest BCUT2D eigenvalue weighted by atomic mass is 16.2. The summed E-state index contributed by atoms with van der Waals surface area (Å²) >= 11 is 0. The summed E-state index contributed by atoms with van der Waals surface area (Å²) in [6, 6.07) is 0. The Bertz CT molecular complexity index is 57.4. The number of aliphatic hydroxyl groups excluding tert-OH is 1. The van der Waals surface area contributed by atoms with E-state index in [1.807, 2.05) is 0 Å². The summed E-state index contributed by atoms with van der Waals surface area (Å²) in [4.78, 5) is 0. The Morgan fingerprint density at radius 2 is 2.12 bits per heavy atom. The van der Waals surface area contributed by atoms with Crippen LogP contribution in [0.2, 0.25) is 0 Å². The van der Waals surface area contributed by atoms with Crippen LogP contribution in [0.5, 0.6) is 0 Å². The molecular formula is C7H14O. The molecule has 0 saturated carbocycles. The van der Waals surface area contributed by atoms with Crippen molar-refractivity contribution in [2.24, 2.45) is 0 Å². The van der Waals surface area contributed by atoms with E-state index in [-0.39, 0.29) is 0 Å². The van der Waals surface area contributed by atoms with Crippen molar-refractivity contribution in [1.82, 2.24) is 0 Å². The first-order chi connectivity index (χ1) is 3.91. The molecule has 0 heterocycles. The highest BCUT2D eigenvalue weighted by molar-refractivity contribution is 4.70. The predicted molar refractivity (Wildman–Crippen MR) is 35.9 cm³/mol. The van der Waals surface area contributed by atoms with E-state index in [0.29, 0.717) is 0 Å². The molecule has 0 aromatic rings. The Balaban J connectivity index is 2.72. The molecule has 1 N–H and O–H groups in total. The van der Waals surface area contributed by atoms with Crippen LogP contribution in [0.15, 0.2) is 12.3 Å². The third-order valence-electron chi connectivity index (χ3n) is 1.08. The summed E-state index contributed by atoms with van der Waals surface area (Å²) in [6.07, 6.45) is 7.65. The summed E-state index contributed by atoms with van der Waals surface area (Å²) in [7, 11) is 0. The van der Waals surface area contributed by atoms with E-state index in [1.165, 1.54) is 19.3 Å². The molecule has 48 valence electrons. The molecule has 0 aliphatic carbocycles. The molecule has 0 aliphatic rings. The third-order valence-corrected chi connectivity index (χ3v) is 1.08. The van der Waals surface area contributed by atoms with Gasteiger partial charge in [-0.05, 0) is 12.8 Å². The smallest absolute Gasteiger partial charge is 0.0751 e. The van der Waals surface area contributed by atoms with E-state index in [2.05, 4.69) is 6.92 Å². The molecule has 8 heavy (non-hydrogen) atoms. The molecule has 1 heteroatoms. The molecule has 0 amide bonds. The molecule has 0 saturated heterocycles. The molecule has 0 spiro atoms. The van der Waals surface area contributed by atoms with Gasteiger partial charge < -0.3 is 5.11 Å². The van der Waals surface area contributed by atoms with E-state index in [4.69, 9.17) is 5.11 Å². The van der Waals surface area contributed by atoms with Crippen molar-refractivity contribution in [2.75, 3.05) is 0 Å². The average molecular weight is 114 g/mol. The number of hydrogen-bond acceptors (Lipinski definition) is 1. The van der Waals surface area contributed by atoms with Crippen molar-refractivity contribution >= 4 is 0 Å². The van der Waals surface area contributed by atoms with Gasteiger partial charge >= 0.3 is 0 Å². The second kappa shape index (κ2) is 6.54. The molecule has 0 rings (SSSR count). The van der Waals surface area contributed by atoms with Crippen LogP contribution in [0.4, 0.5) is 0 Å². The van der Waals surface area contributed by atoms with Crippen molar-refractivity contribution in [3.8, 4) is 0 Å². The van der Waals surface area contributed by atoms with Gasteiger partial charge in [0.05, 0.1) is 6.26 Å². The summed E-state index contributed by atoms with van der Waals surface area (Å²) in [5.41, 5.74) is 0. The molecule has 0 bridgehead atoms. The maximum atomic E-state index is 8.19. The third kappa shape index (κ3) is 5.54. The van der Waals surface area contributed by atoms with Gasteiger partial charge in [-0.3, -0.25) is 0 Å². The van der Waals surface area contributed by atoms with Gasteiger partial charge in [0, 0.05) is 0 Å². The largest absolute Gasteiger partial charge is 0.516 e. The minimum atomic E-state index is 1.02. The Labute approximate surface area is 51.0 Å². The van der Waals surface area contributed by atoms with Crippen LogP contribution in [-0.4, -0.2) is 5.11 Å². The average Bonchev–Trinajstić information content (AvgIpc) is 1.81. The first kappa shape index (κ1) is 7.54. The zero-order valence-corrected chi connectivity index (χ0v) is 5.43. The number of aliphatic hydroxyl groups is 1. The van der Waals surface area contributed by atoms with E-state index in [9.17, 15) is 0 Å². The van der Waals surface area contributed by atoms with Gasteiger partial charge in [-0.15, -0.1) is 0 Å². The second-order valence-corrected chi connectivity index (χ2v) is 1.88. The highest BCUT2D eigenvalue weighted by Gasteiger charge is 1.79. The van der Waals surface area contributed by atoms with Gasteiger partial charge in [0.15, 0.2) is 0 Å². The Hall–Kier alpha value is -0.460. The summed E-state index contributed by atoms with van der Waals surface area (Å²) in [5.74, 6) is 0. The lowest BCUT2D eigenvalue weighted by Gasteiger charge is -1.88. The molecule has 0 atom stereocenters. The monoisotopic (exact) mass is 114 g/mol. The lowest BCUT2D eigenvalue weighted by Crippen LogP contribution is -1.69. The summed E-state index contributed by atoms with van der Waals surface area (Å²) in [6.45, 7) is 2.17. The standard InChI is InChI=1S/C7H14O/c1-2-3-4-5-6-7-8/h6-8H,2-5H2,1H3/b7-6-. The van der Waals surface area contributed by atoms with Gasteiger partial charge in [0.25, 0.3) is 0 Å². The first-order valence-electron chi connectivity index (χ1n) is 3.21. The Morgan fingerprint density at radius 1 is 1.38 bits per heavy atom. The van der Waals surface area contributed by atoms with Crippen molar-refractivity contribution in [3.63, 3.8) is 0 Å². The molecule has 0 fully saturated rings. The second-order valence-electron chi connectivity index (χ2n) is 1.88. The predicted octanol–water partition coefficient (Wildman–Crippen LogP) is 2.64. The molecule has 0 radical (unpaired) electrons. The van der Waals surface area contributed by atoms with Crippen LogP contribution in [0.25, 0.3) is 0 Å². The quantitative estimate of drug-likeness (QED) is 0.440. The Kier molecular flexibility index (Phi) is 6.16. The fourth-order valence-electron chi connectivity index (χ4n) is 0.587. The minimum absolute atomic E-state index is 1.02. The van der Waals surface area contributed by atoms with Crippen LogP contribution in [0.1, 0.15) is 32.6 Å². The highest BCUT2D eigenvalue weighted by Crippen LogP contribution is 1.98. The van der Waals surface area contributed by atoms with Crippen LogP contribution >= 0.6 is 0 Å². The van der Waals surface area contributed by atoms with E-state index in [1.54, 1.807) is 6.08 Å². The van der Waals surface area contributed by atoms with Crippen LogP contribution in [0.3, 0.4) is 0 Å². The number of allylic oxidation sites excluding steroid dienone is 1. The number of rotatable bonds is 4. The van der Waals surface area contributed by atoms with Crippen LogP contribution < -0.4 is 0 Å². The fraction of sp³-hybridized carbons (Fsp3) is 0.714. The zero-order valence-electron chi connectivity index (χ0n) is 5.43. The van der Waals surface area contributed by atoms with E-state index >= 15 is 0 Å². The SMILES string of the molecule is CCCCC/C=C\O. The summed E-state index contributed by atoms with van der Waals surface area (Å²) < 4.78 is 0. The van der Waals surface area contributed by atoms with Gasteiger partial charge in [0.1, 0.15) is 0 Å². The topological polar surface area (TPSA) is 20.2 Å². The van der Waals surface area contributed by atoms with Gasteiger partial charge in [-0.25, -0.2) is 0 Å². The van der Waals surface area contributed by atoms with Crippen LogP contribution in [-0.2, 0) is 0 Å². The Morgan fingerprint density at radius 3 is 2.62 bits per heavy atom. The van der Waals surface area contributed by atoms with E-state index in [0.717, 1.165) is 12.7 Å². The van der Waals surface area contributed by atoms with Crippen molar-refractivity contribution in [2.45, 2.75) is 32.6 Å². The van der Waals surface area contributed by atoms with Gasteiger partial charge in [-0.2, -0.15) is 0 Å². The molecular weight excluding hydrogens is 100 g/mol. The first-order valence-corrected chi connectivity index (χ1v) is 3.21. The zero-order chi connectivity index (χ0) is 6.24. The molecule has 0 aromatic carbocycles. The lowest BCUT2D eigenvalue weighted by atomic mass is 10.2. The number of unbranched alkanes of at least 4 members (excludes halogenated alkanes) is 3. The molecule has 0 unspecified atom stereocenters. The van der Waals surface area contributed by atoms with Crippen molar-refractivity contribution < 1.29 is 5.11 Å². The van der Waals surface area contributed by atoms with Crippen LogP contribution in [0, 0.1) is 0 Å². The van der Waals surface area contributed by atoms with Crippen molar-refractivity contribution in [1.29, 1.82) is 0 Å². The molecule has 0 aliphatic heterocycles.